The fourth-order valence-electron chi connectivity index (χ4n) is 1.82. The van der Waals surface area contributed by atoms with Crippen LogP contribution in [0.25, 0.3) is 0 Å². The molecule has 1 heterocycles. The van der Waals surface area contributed by atoms with E-state index in [9.17, 15) is 4.79 Å². The average Bonchev–Trinajstić information content (AvgIpc) is 2.50. The Labute approximate surface area is 123 Å². The van der Waals surface area contributed by atoms with Crippen LogP contribution in [0.3, 0.4) is 0 Å². The van der Waals surface area contributed by atoms with Crippen molar-refractivity contribution in [1.82, 2.24) is 9.97 Å². The van der Waals surface area contributed by atoms with Crippen LogP contribution >= 0.6 is 0 Å². The second-order valence-corrected chi connectivity index (χ2v) is 4.46. The first-order valence-corrected chi connectivity index (χ1v) is 6.41. The molecule has 0 saturated heterocycles. The molecule has 0 aliphatic carbocycles. The topological polar surface area (TPSA) is 73.3 Å². The van der Waals surface area contributed by atoms with Gasteiger partial charge in [0.25, 0.3) is 0 Å². The first kappa shape index (κ1) is 14.8. The van der Waals surface area contributed by atoms with E-state index >= 15 is 0 Å². The van der Waals surface area contributed by atoms with E-state index in [0.29, 0.717) is 5.75 Å². The Balaban J connectivity index is 2.00. The van der Waals surface area contributed by atoms with Gasteiger partial charge in [-0.05, 0) is 30.2 Å². The Bertz CT molecular complexity index is 627. The zero-order valence-corrected chi connectivity index (χ0v) is 12.2. The van der Waals surface area contributed by atoms with Crippen LogP contribution in [0, 0.1) is 6.92 Å². The number of amides is 1. The molecule has 0 atom stereocenters. The second kappa shape index (κ2) is 6.69. The molecule has 1 N–H and O–H groups in total. The first-order chi connectivity index (χ1) is 10.1. The number of ether oxygens (including phenoxy) is 2. The monoisotopic (exact) mass is 287 g/mol. The van der Waals surface area contributed by atoms with E-state index in [-0.39, 0.29) is 18.3 Å². The normalized spacial score (nSPS) is 10.0. The summed E-state index contributed by atoms with van der Waals surface area (Å²) in [6.45, 7) is 1.94. The van der Waals surface area contributed by atoms with Gasteiger partial charge in [0, 0.05) is 0 Å². The number of anilines is 1. The minimum Gasteiger partial charge on any atom is -0.497 e. The lowest BCUT2D eigenvalue weighted by molar-refractivity contribution is -0.115. The molecule has 1 aromatic heterocycles. The van der Waals surface area contributed by atoms with Crippen molar-refractivity contribution < 1.29 is 14.3 Å². The number of aromatic nitrogens is 2. The number of hydrogen-bond donors (Lipinski definition) is 1. The molecule has 0 bridgehead atoms. The molecule has 6 nitrogen and oxygen atoms in total. The molecule has 110 valence electrons. The Hall–Kier alpha value is -2.63. The molecule has 0 aliphatic heterocycles. The number of carbonyl (C=O) groups excluding carboxylic acids is 1. The Morgan fingerprint density at radius 3 is 2.38 bits per heavy atom. The summed E-state index contributed by atoms with van der Waals surface area (Å²) in [7, 11) is 3.14. The molecule has 0 fully saturated rings. The van der Waals surface area contributed by atoms with Gasteiger partial charge in [-0.1, -0.05) is 6.07 Å². The molecular formula is C15H17N3O3. The Morgan fingerprint density at radius 1 is 1.14 bits per heavy atom. The summed E-state index contributed by atoms with van der Waals surface area (Å²) in [5.74, 6) is 1.40. The summed E-state index contributed by atoms with van der Waals surface area (Å²) >= 11 is 0. The number of methoxy groups -OCH3 is 2. The van der Waals surface area contributed by atoms with Gasteiger partial charge >= 0.3 is 0 Å². The number of nitrogens with zero attached hydrogens (tertiary/aromatic N) is 2. The van der Waals surface area contributed by atoms with Crippen LogP contribution in [0.2, 0.25) is 0 Å². The second-order valence-electron chi connectivity index (χ2n) is 4.46. The summed E-state index contributed by atoms with van der Waals surface area (Å²) in [6.07, 6.45) is 3.26. The van der Waals surface area contributed by atoms with Crippen LogP contribution in [0.1, 0.15) is 11.1 Å². The fourth-order valence-corrected chi connectivity index (χ4v) is 1.82. The van der Waals surface area contributed by atoms with Crippen molar-refractivity contribution in [2.75, 3.05) is 19.5 Å². The number of hydrogen-bond acceptors (Lipinski definition) is 5. The molecule has 0 aliphatic rings. The number of aryl methyl sites for hydroxylation is 1. The molecule has 0 unspecified atom stereocenters. The van der Waals surface area contributed by atoms with Crippen molar-refractivity contribution in [1.29, 1.82) is 0 Å². The van der Waals surface area contributed by atoms with Crippen molar-refractivity contribution in [3.8, 4) is 11.5 Å². The van der Waals surface area contributed by atoms with Crippen LogP contribution in [0.15, 0.2) is 30.6 Å². The van der Waals surface area contributed by atoms with Crippen molar-refractivity contribution in [3.63, 3.8) is 0 Å². The standard InChI is InChI=1S/C15H17N3O3/c1-10-6-12(20-2)5-4-11(10)7-14(19)18-15-16-8-13(21-3)9-17-15/h4-6,8-9H,7H2,1-3H3,(H,16,17,18,19). The number of carbonyl (C=O) groups is 1. The average molecular weight is 287 g/mol. The Morgan fingerprint density at radius 2 is 1.81 bits per heavy atom. The minimum atomic E-state index is -0.173. The van der Waals surface area contributed by atoms with Gasteiger partial charge in [0.05, 0.1) is 33.0 Å². The third-order valence-electron chi connectivity index (χ3n) is 3.02. The van der Waals surface area contributed by atoms with Gasteiger partial charge in [-0.2, -0.15) is 0 Å². The van der Waals surface area contributed by atoms with Gasteiger partial charge in [0.15, 0.2) is 5.75 Å². The molecule has 0 spiro atoms. The lowest BCUT2D eigenvalue weighted by atomic mass is 10.1. The number of benzene rings is 1. The van der Waals surface area contributed by atoms with Crippen LogP contribution in [-0.4, -0.2) is 30.1 Å². The first-order valence-electron chi connectivity index (χ1n) is 6.41. The number of nitrogens with one attached hydrogen (secondary N) is 1. The van der Waals surface area contributed by atoms with Crippen LogP contribution in [0.4, 0.5) is 5.95 Å². The highest BCUT2D eigenvalue weighted by Gasteiger charge is 2.09. The van der Waals surface area contributed by atoms with Crippen LogP contribution in [0.5, 0.6) is 11.5 Å². The molecule has 1 amide bonds. The smallest absolute Gasteiger partial charge is 0.231 e. The third kappa shape index (κ3) is 3.92. The van der Waals surface area contributed by atoms with Gasteiger partial charge in [0.1, 0.15) is 5.75 Å². The van der Waals surface area contributed by atoms with Crippen molar-refractivity contribution in [2.24, 2.45) is 0 Å². The van der Waals surface area contributed by atoms with E-state index in [2.05, 4.69) is 15.3 Å². The number of rotatable bonds is 5. The van der Waals surface area contributed by atoms with E-state index in [1.54, 1.807) is 7.11 Å². The molecular weight excluding hydrogens is 270 g/mol. The molecule has 2 aromatic rings. The molecule has 0 saturated carbocycles. The fraction of sp³-hybridized carbons (Fsp3) is 0.267. The highest BCUT2D eigenvalue weighted by atomic mass is 16.5. The summed E-state index contributed by atoms with van der Waals surface area (Å²) < 4.78 is 10.1. The highest BCUT2D eigenvalue weighted by Crippen LogP contribution is 2.17. The predicted molar refractivity (Wildman–Crippen MR) is 78.6 cm³/mol. The van der Waals surface area contributed by atoms with E-state index < -0.39 is 0 Å². The van der Waals surface area contributed by atoms with Gasteiger partial charge in [-0.15, -0.1) is 0 Å². The predicted octanol–water partition coefficient (Wildman–Crippen LogP) is 1.98. The third-order valence-corrected chi connectivity index (χ3v) is 3.02. The van der Waals surface area contributed by atoms with E-state index in [0.717, 1.165) is 16.9 Å². The van der Waals surface area contributed by atoms with Crippen molar-refractivity contribution in [3.05, 3.63) is 41.7 Å². The van der Waals surface area contributed by atoms with Crippen LogP contribution < -0.4 is 14.8 Å². The quantitative estimate of drug-likeness (QED) is 0.910. The van der Waals surface area contributed by atoms with E-state index in [1.165, 1.54) is 19.5 Å². The van der Waals surface area contributed by atoms with E-state index in [1.807, 2.05) is 25.1 Å². The van der Waals surface area contributed by atoms with Gasteiger partial charge in [-0.3, -0.25) is 10.1 Å². The minimum absolute atomic E-state index is 0.173. The maximum absolute atomic E-state index is 12.0. The highest BCUT2D eigenvalue weighted by molar-refractivity contribution is 5.90. The Kier molecular flexibility index (Phi) is 4.71. The SMILES string of the molecule is COc1cnc(NC(=O)Cc2ccc(OC)cc2C)nc1. The lowest BCUT2D eigenvalue weighted by Crippen LogP contribution is -2.16. The maximum Gasteiger partial charge on any atom is 0.231 e. The van der Waals surface area contributed by atoms with Gasteiger partial charge in [0.2, 0.25) is 11.9 Å². The molecule has 0 radical (unpaired) electrons. The lowest BCUT2D eigenvalue weighted by Gasteiger charge is -2.08. The summed E-state index contributed by atoms with van der Waals surface area (Å²) in [4.78, 5) is 20.0. The zero-order chi connectivity index (χ0) is 15.2. The summed E-state index contributed by atoms with van der Waals surface area (Å²) in [5, 5.41) is 2.65. The van der Waals surface area contributed by atoms with Gasteiger partial charge in [-0.25, -0.2) is 9.97 Å². The van der Waals surface area contributed by atoms with Gasteiger partial charge < -0.3 is 9.47 Å². The zero-order valence-electron chi connectivity index (χ0n) is 12.2. The van der Waals surface area contributed by atoms with Crippen molar-refractivity contribution >= 4 is 11.9 Å². The summed E-state index contributed by atoms with van der Waals surface area (Å²) in [5.41, 5.74) is 1.93. The van der Waals surface area contributed by atoms with Crippen LogP contribution in [-0.2, 0) is 11.2 Å². The largest absolute Gasteiger partial charge is 0.497 e. The van der Waals surface area contributed by atoms with E-state index in [4.69, 9.17) is 9.47 Å². The summed E-state index contributed by atoms with van der Waals surface area (Å²) in [6, 6.07) is 5.61. The molecule has 1 aromatic carbocycles. The van der Waals surface area contributed by atoms with Crippen molar-refractivity contribution in [2.45, 2.75) is 13.3 Å². The maximum atomic E-state index is 12.0. The molecule has 2 rings (SSSR count). The molecule has 6 heteroatoms. The molecule has 21 heavy (non-hydrogen) atoms.